The molecule has 4 heteroatoms. The maximum atomic E-state index is 6.39. The Balaban J connectivity index is 1.88. The normalized spacial score (nSPS) is 32.5. The first-order valence-electron chi connectivity index (χ1n) is 7.31. The minimum absolute atomic E-state index is 0.00413. The van der Waals surface area contributed by atoms with Crippen LogP contribution < -0.4 is 15.2 Å². The van der Waals surface area contributed by atoms with E-state index in [0.717, 1.165) is 49.2 Å². The van der Waals surface area contributed by atoms with E-state index in [9.17, 15) is 0 Å². The second-order valence-electron chi connectivity index (χ2n) is 5.95. The van der Waals surface area contributed by atoms with Crippen molar-refractivity contribution >= 4 is 0 Å². The summed E-state index contributed by atoms with van der Waals surface area (Å²) in [6.45, 7) is 0. The van der Waals surface area contributed by atoms with Crippen molar-refractivity contribution in [1.82, 2.24) is 0 Å². The maximum Gasteiger partial charge on any atom is 0.125 e. The summed E-state index contributed by atoms with van der Waals surface area (Å²) in [5.41, 5.74) is 7.28. The molecule has 1 aliphatic carbocycles. The summed E-state index contributed by atoms with van der Waals surface area (Å²) in [4.78, 5) is 0. The lowest BCUT2D eigenvalue weighted by molar-refractivity contribution is -0.0578. The van der Waals surface area contributed by atoms with Crippen LogP contribution >= 0.6 is 0 Å². The van der Waals surface area contributed by atoms with E-state index in [0.29, 0.717) is 0 Å². The zero-order valence-corrected chi connectivity index (χ0v) is 12.2. The highest BCUT2D eigenvalue weighted by Gasteiger charge is 2.43. The summed E-state index contributed by atoms with van der Waals surface area (Å²) >= 11 is 0. The number of hydrogen-bond acceptors (Lipinski definition) is 4. The van der Waals surface area contributed by atoms with Gasteiger partial charge in [0.2, 0.25) is 0 Å². The van der Waals surface area contributed by atoms with Crippen molar-refractivity contribution in [3.8, 4) is 11.5 Å². The highest BCUT2D eigenvalue weighted by atomic mass is 16.5. The van der Waals surface area contributed by atoms with Crippen molar-refractivity contribution in [1.29, 1.82) is 0 Å². The average molecular weight is 277 g/mol. The molecule has 0 amide bonds. The fraction of sp³-hybridized carbons (Fsp3) is 0.625. The van der Waals surface area contributed by atoms with E-state index in [1.807, 2.05) is 18.2 Å². The van der Waals surface area contributed by atoms with Gasteiger partial charge in [0.1, 0.15) is 17.1 Å². The summed E-state index contributed by atoms with van der Waals surface area (Å²) in [5.74, 6) is 1.73. The minimum Gasteiger partial charge on any atom is -0.497 e. The molecule has 1 saturated carbocycles. The van der Waals surface area contributed by atoms with Crippen LogP contribution in [0, 0.1) is 0 Å². The van der Waals surface area contributed by atoms with Crippen LogP contribution in [-0.2, 0) is 4.74 Å². The van der Waals surface area contributed by atoms with Crippen molar-refractivity contribution in [3.05, 3.63) is 23.8 Å². The maximum absolute atomic E-state index is 6.39. The number of fused-ring (bicyclic) bond motifs is 1. The first kappa shape index (κ1) is 13.7. The number of benzene rings is 1. The number of methoxy groups -OCH3 is 2. The summed E-state index contributed by atoms with van der Waals surface area (Å²) in [7, 11) is 3.45. The second-order valence-corrected chi connectivity index (χ2v) is 5.95. The molecule has 2 aliphatic rings. The predicted octanol–water partition coefficient (Wildman–Crippen LogP) is 2.81. The summed E-state index contributed by atoms with van der Waals surface area (Å²) in [6, 6.07) is 5.90. The number of rotatable bonds is 2. The van der Waals surface area contributed by atoms with Crippen LogP contribution in [0.3, 0.4) is 0 Å². The first-order valence-corrected chi connectivity index (χ1v) is 7.31. The molecule has 0 radical (unpaired) electrons. The average Bonchev–Trinajstić information content (AvgIpc) is 2.47. The van der Waals surface area contributed by atoms with Crippen molar-refractivity contribution in [2.75, 3.05) is 14.2 Å². The van der Waals surface area contributed by atoms with Crippen molar-refractivity contribution in [2.45, 2.75) is 49.9 Å². The Morgan fingerprint density at radius 1 is 1.30 bits per heavy atom. The van der Waals surface area contributed by atoms with Gasteiger partial charge in [0.15, 0.2) is 0 Å². The first-order chi connectivity index (χ1) is 9.65. The van der Waals surface area contributed by atoms with Crippen LogP contribution in [0.5, 0.6) is 11.5 Å². The Bertz CT molecular complexity index is 491. The smallest absolute Gasteiger partial charge is 0.125 e. The van der Waals surface area contributed by atoms with Crippen LogP contribution in [0.1, 0.15) is 43.7 Å². The molecular weight excluding hydrogens is 254 g/mol. The van der Waals surface area contributed by atoms with Gasteiger partial charge in [-0.25, -0.2) is 0 Å². The molecular formula is C16H23NO3. The molecule has 1 aromatic carbocycles. The van der Waals surface area contributed by atoms with Crippen LogP contribution in [0.2, 0.25) is 0 Å². The molecule has 3 rings (SSSR count). The Hall–Kier alpha value is -1.26. The molecule has 3 atom stereocenters. The number of ether oxygens (including phenoxy) is 3. The lowest BCUT2D eigenvalue weighted by Gasteiger charge is -2.45. The largest absolute Gasteiger partial charge is 0.497 e. The summed E-state index contributed by atoms with van der Waals surface area (Å²) in [5, 5.41) is 0. The molecule has 0 aromatic heterocycles. The van der Waals surface area contributed by atoms with Gasteiger partial charge in [-0.1, -0.05) is 0 Å². The lowest BCUT2D eigenvalue weighted by Crippen LogP contribution is -2.48. The third-order valence-electron chi connectivity index (χ3n) is 4.63. The van der Waals surface area contributed by atoms with Gasteiger partial charge in [-0.2, -0.15) is 0 Å². The molecule has 0 saturated heterocycles. The molecule has 1 spiro atoms. The third kappa shape index (κ3) is 2.38. The molecule has 1 aliphatic heterocycles. The summed E-state index contributed by atoms with van der Waals surface area (Å²) in [6.07, 6.45) is 5.39. The second kappa shape index (κ2) is 5.26. The molecule has 3 unspecified atom stereocenters. The van der Waals surface area contributed by atoms with Gasteiger partial charge in [0, 0.05) is 31.6 Å². The van der Waals surface area contributed by atoms with Gasteiger partial charge >= 0.3 is 0 Å². The van der Waals surface area contributed by atoms with Crippen LogP contribution in [-0.4, -0.2) is 25.9 Å². The highest BCUT2D eigenvalue weighted by Crippen LogP contribution is 2.46. The molecule has 2 N–H and O–H groups in total. The van der Waals surface area contributed by atoms with Crippen LogP contribution in [0.4, 0.5) is 0 Å². The minimum atomic E-state index is -0.153. The van der Waals surface area contributed by atoms with Gasteiger partial charge in [0.05, 0.1) is 13.2 Å². The monoisotopic (exact) mass is 277 g/mol. The van der Waals surface area contributed by atoms with Crippen molar-refractivity contribution in [3.63, 3.8) is 0 Å². The Morgan fingerprint density at radius 2 is 2.15 bits per heavy atom. The van der Waals surface area contributed by atoms with Crippen LogP contribution in [0.25, 0.3) is 0 Å². The van der Waals surface area contributed by atoms with E-state index in [4.69, 9.17) is 19.9 Å². The highest BCUT2D eigenvalue weighted by molar-refractivity contribution is 5.44. The predicted molar refractivity (Wildman–Crippen MR) is 77.2 cm³/mol. The van der Waals surface area contributed by atoms with Crippen molar-refractivity contribution in [2.24, 2.45) is 5.73 Å². The zero-order valence-electron chi connectivity index (χ0n) is 12.2. The van der Waals surface area contributed by atoms with Gasteiger partial charge in [0.25, 0.3) is 0 Å². The van der Waals surface area contributed by atoms with Gasteiger partial charge in [-0.15, -0.1) is 0 Å². The summed E-state index contributed by atoms with van der Waals surface area (Å²) < 4.78 is 17.2. The lowest BCUT2D eigenvalue weighted by atomic mass is 9.76. The Labute approximate surface area is 120 Å². The molecule has 20 heavy (non-hydrogen) atoms. The number of nitrogens with two attached hydrogens (primary N) is 1. The number of hydrogen-bond donors (Lipinski definition) is 1. The molecule has 4 nitrogen and oxygen atoms in total. The zero-order chi connectivity index (χ0) is 14.2. The van der Waals surface area contributed by atoms with E-state index < -0.39 is 0 Å². The van der Waals surface area contributed by atoms with Crippen LogP contribution in [0.15, 0.2) is 18.2 Å². The van der Waals surface area contributed by atoms with E-state index >= 15 is 0 Å². The Kier molecular flexibility index (Phi) is 3.61. The van der Waals surface area contributed by atoms with E-state index in [1.54, 1.807) is 14.2 Å². The van der Waals surface area contributed by atoms with Gasteiger partial charge < -0.3 is 19.9 Å². The fourth-order valence-electron chi connectivity index (χ4n) is 3.57. The molecule has 0 bridgehead atoms. The van der Waals surface area contributed by atoms with Crippen molar-refractivity contribution < 1.29 is 14.2 Å². The fourth-order valence-corrected chi connectivity index (χ4v) is 3.57. The SMILES string of the molecule is COc1ccc2c(c1)C(N)CC1(CCCC(OC)C1)O2. The quantitative estimate of drug-likeness (QED) is 0.903. The molecule has 1 aromatic rings. The topological polar surface area (TPSA) is 53.7 Å². The van der Waals surface area contributed by atoms with Gasteiger partial charge in [-0.3, -0.25) is 0 Å². The van der Waals surface area contributed by atoms with E-state index in [2.05, 4.69) is 0 Å². The molecule has 110 valence electrons. The standard InChI is InChI=1S/C16H23NO3/c1-18-11-5-6-15-13(8-11)14(17)10-16(20-15)7-3-4-12(9-16)19-2/h5-6,8,12,14H,3-4,7,9-10,17H2,1-2H3. The Morgan fingerprint density at radius 3 is 2.90 bits per heavy atom. The van der Waals surface area contributed by atoms with E-state index in [1.165, 1.54) is 0 Å². The van der Waals surface area contributed by atoms with Gasteiger partial charge in [-0.05, 0) is 37.5 Å². The third-order valence-corrected chi connectivity index (χ3v) is 4.63. The van der Waals surface area contributed by atoms with E-state index in [-0.39, 0.29) is 17.7 Å². The molecule has 1 heterocycles. The molecule has 1 fully saturated rings.